The molecule has 9 heteroatoms. The molecule has 0 aliphatic rings. The highest BCUT2D eigenvalue weighted by molar-refractivity contribution is 6.30. The van der Waals surface area contributed by atoms with Gasteiger partial charge in [-0.3, -0.25) is 14.9 Å². The lowest BCUT2D eigenvalue weighted by Gasteiger charge is -2.02. The molecule has 27 heavy (non-hydrogen) atoms. The van der Waals surface area contributed by atoms with Crippen LogP contribution in [0.25, 0.3) is 11.3 Å². The van der Waals surface area contributed by atoms with E-state index in [0.717, 1.165) is 0 Å². The summed E-state index contributed by atoms with van der Waals surface area (Å²) in [5.41, 5.74) is 8.81. The molecule has 8 nitrogen and oxygen atoms in total. The van der Waals surface area contributed by atoms with E-state index in [1.165, 1.54) is 24.4 Å². The molecule has 0 saturated carbocycles. The minimum Gasteiger partial charge on any atom is -0.455 e. The Kier molecular flexibility index (Phi) is 5.18. The number of hydrogen-bond donors (Lipinski definition) is 2. The van der Waals surface area contributed by atoms with Crippen LogP contribution in [-0.2, 0) is 0 Å². The maximum Gasteiger partial charge on any atom is 0.281 e. The second-order valence-corrected chi connectivity index (χ2v) is 5.84. The van der Waals surface area contributed by atoms with Crippen LogP contribution in [0.1, 0.15) is 16.1 Å². The predicted octanol–water partition coefficient (Wildman–Crippen LogP) is 3.85. The number of furan rings is 1. The molecule has 0 saturated heterocycles. The van der Waals surface area contributed by atoms with Crippen LogP contribution >= 0.6 is 11.6 Å². The lowest BCUT2D eigenvalue weighted by molar-refractivity contribution is -0.384. The van der Waals surface area contributed by atoms with Gasteiger partial charge in [-0.15, -0.1) is 0 Å². The number of hydrogen-bond acceptors (Lipinski definition) is 6. The number of benzene rings is 2. The number of nitrogens with zero attached hydrogens (tertiary/aromatic N) is 2. The normalized spacial score (nSPS) is 10.9. The summed E-state index contributed by atoms with van der Waals surface area (Å²) in [5, 5.41) is 15.2. The van der Waals surface area contributed by atoms with E-state index in [1.807, 2.05) is 0 Å². The molecule has 0 aliphatic carbocycles. The second kappa shape index (κ2) is 7.71. The zero-order valence-electron chi connectivity index (χ0n) is 13.8. The van der Waals surface area contributed by atoms with Gasteiger partial charge in [-0.25, -0.2) is 5.43 Å². The Balaban J connectivity index is 1.75. The molecule has 3 aromatic rings. The van der Waals surface area contributed by atoms with Crippen molar-refractivity contribution in [2.75, 3.05) is 5.73 Å². The second-order valence-electron chi connectivity index (χ2n) is 5.41. The summed E-state index contributed by atoms with van der Waals surface area (Å²) in [6.07, 6.45) is 1.28. The molecule has 1 heterocycles. The highest BCUT2D eigenvalue weighted by Crippen LogP contribution is 2.33. The summed E-state index contributed by atoms with van der Waals surface area (Å²) in [4.78, 5) is 22.7. The van der Waals surface area contributed by atoms with E-state index in [-0.39, 0.29) is 22.0 Å². The topological polar surface area (TPSA) is 124 Å². The third kappa shape index (κ3) is 4.13. The summed E-state index contributed by atoms with van der Waals surface area (Å²) in [6, 6.07) is 14.0. The fraction of sp³-hybridized carbons (Fsp3) is 0. The first-order valence-electron chi connectivity index (χ1n) is 7.68. The summed E-state index contributed by atoms with van der Waals surface area (Å²) in [5.74, 6) is 0.110. The average molecular weight is 385 g/mol. The maximum atomic E-state index is 12.0. The number of carbonyl (C=O) groups excluding carboxylic acids is 1. The number of nitrogen functional groups attached to an aromatic ring is 1. The summed E-state index contributed by atoms with van der Waals surface area (Å²) >= 11 is 5.81. The number of hydrazone groups is 1. The fourth-order valence-electron chi connectivity index (χ4n) is 2.35. The lowest BCUT2D eigenvalue weighted by Crippen LogP contribution is -2.18. The monoisotopic (exact) mass is 384 g/mol. The fourth-order valence-corrected chi connectivity index (χ4v) is 2.52. The number of rotatable bonds is 5. The van der Waals surface area contributed by atoms with E-state index >= 15 is 0 Å². The van der Waals surface area contributed by atoms with Crippen molar-refractivity contribution in [3.8, 4) is 11.3 Å². The molecule has 0 fully saturated rings. The molecule has 0 bridgehead atoms. The minimum atomic E-state index is -0.540. The zero-order valence-corrected chi connectivity index (χ0v) is 14.5. The number of anilines is 1. The molecule has 0 radical (unpaired) electrons. The van der Waals surface area contributed by atoms with Gasteiger partial charge < -0.3 is 10.2 Å². The number of para-hydroxylation sites is 1. The van der Waals surface area contributed by atoms with Crippen molar-refractivity contribution in [1.29, 1.82) is 0 Å². The molecule has 136 valence electrons. The highest BCUT2D eigenvalue weighted by atomic mass is 35.5. The summed E-state index contributed by atoms with van der Waals surface area (Å²) in [6.45, 7) is 0. The van der Waals surface area contributed by atoms with Gasteiger partial charge in [-0.1, -0.05) is 23.7 Å². The van der Waals surface area contributed by atoms with Gasteiger partial charge in [0.1, 0.15) is 11.5 Å². The lowest BCUT2D eigenvalue weighted by atomic mass is 10.1. The smallest absolute Gasteiger partial charge is 0.281 e. The summed E-state index contributed by atoms with van der Waals surface area (Å²) < 4.78 is 5.54. The summed E-state index contributed by atoms with van der Waals surface area (Å²) in [7, 11) is 0. The van der Waals surface area contributed by atoms with Gasteiger partial charge in [0.25, 0.3) is 11.6 Å². The molecule has 3 N–H and O–H groups in total. The van der Waals surface area contributed by atoms with Crippen molar-refractivity contribution in [2.45, 2.75) is 0 Å². The number of carbonyl (C=O) groups is 1. The molecule has 1 amide bonds. The van der Waals surface area contributed by atoms with Crippen LogP contribution < -0.4 is 11.2 Å². The Hall–Kier alpha value is -3.65. The Morgan fingerprint density at radius 2 is 2.00 bits per heavy atom. The molecule has 1 aromatic heterocycles. The minimum absolute atomic E-state index is 0.173. The first-order valence-corrected chi connectivity index (χ1v) is 8.05. The molecule has 2 aromatic carbocycles. The van der Waals surface area contributed by atoms with Crippen LogP contribution in [0.5, 0.6) is 0 Å². The van der Waals surface area contributed by atoms with Crippen LogP contribution in [0.2, 0.25) is 5.02 Å². The first kappa shape index (κ1) is 18.2. The van der Waals surface area contributed by atoms with Gasteiger partial charge >= 0.3 is 0 Å². The van der Waals surface area contributed by atoms with Crippen LogP contribution in [0.3, 0.4) is 0 Å². The molecule has 0 spiro atoms. The van der Waals surface area contributed by atoms with Gasteiger partial charge in [0.05, 0.1) is 22.3 Å². The van der Waals surface area contributed by atoms with Gasteiger partial charge in [-0.2, -0.15) is 5.10 Å². The number of nitrogens with two attached hydrogens (primary N) is 1. The Morgan fingerprint density at radius 3 is 2.74 bits per heavy atom. The third-order valence-electron chi connectivity index (χ3n) is 3.61. The van der Waals surface area contributed by atoms with Crippen molar-refractivity contribution in [2.24, 2.45) is 5.10 Å². The quantitative estimate of drug-likeness (QED) is 0.299. The van der Waals surface area contributed by atoms with Crippen molar-refractivity contribution >= 4 is 35.1 Å². The van der Waals surface area contributed by atoms with E-state index in [9.17, 15) is 14.9 Å². The number of nitrogens with one attached hydrogen (secondary N) is 1. The molecule has 0 atom stereocenters. The van der Waals surface area contributed by atoms with E-state index in [2.05, 4.69) is 10.5 Å². The molecule has 0 aliphatic heterocycles. The van der Waals surface area contributed by atoms with Gasteiger partial charge in [0.15, 0.2) is 0 Å². The highest BCUT2D eigenvalue weighted by Gasteiger charge is 2.18. The van der Waals surface area contributed by atoms with Gasteiger partial charge in [-0.05, 0) is 36.4 Å². The number of nitro benzene ring substituents is 1. The molecule has 3 rings (SSSR count). The van der Waals surface area contributed by atoms with Crippen LogP contribution in [0, 0.1) is 10.1 Å². The Morgan fingerprint density at radius 1 is 1.22 bits per heavy atom. The van der Waals surface area contributed by atoms with E-state index < -0.39 is 10.8 Å². The number of halogens is 1. The van der Waals surface area contributed by atoms with Crippen molar-refractivity contribution < 1.29 is 14.1 Å². The number of amides is 1. The van der Waals surface area contributed by atoms with E-state index in [0.29, 0.717) is 17.0 Å². The first-order chi connectivity index (χ1) is 13.0. The SMILES string of the molecule is Nc1ccccc1C(=O)N/N=C\c1ccc(-c2ccc(Cl)cc2[N+](=O)[O-])o1. The number of nitro groups is 1. The van der Waals surface area contributed by atoms with Crippen molar-refractivity contribution in [3.05, 3.63) is 81.1 Å². The van der Waals surface area contributed by atoms with Crippen LogP contribution in [0.15, 0.2) is 64.1 Å². The third-order valence-corrected chi connectivity index (χ3v) is 3.85. The van der Waals surface area contributed by atoms with Crippen molar-refractivity contribution in [3.63, 3.8) is 0 Å². The Labute approximate surface area is 158 Å². The largest absolute Gasteiger partial charge is 0.455 e. The Bertz CT molecular complexity index is 1050. The predicted molar refractivity (Wildman–Crippen MR) is 102 cm³/mol. The van der Waals surface area contributed by atoms with Crippen LogP contribution in [0.4, 0.5) is 11.4 Å². The van der Waals surface area contributed by atoms with Gasteiger partial charge in [0, 0.05) is 16.8 Å². The van der Waals surface area contributed by atoms with E-state index in [4.69, 9.17) is 21.8 Å². The maximum absolute atomic E-state index is 12.0. The van der Waals surface area contributed by atoms with Crippen molar-refractivity contribution in [1.82, 2.24) is 5.43 Å². The van der Waals surface area contributed by atoms with E-state index in [1.54, 1.807) is 36.4 Å². The van der Waals surface area contributed by atoms with Crippen LogP contribution in [-0.4, -0.2) is 17.0 Å². The zero-order chi connectivity index (χ0) is 19.4. The molecular formula is C18H13ClN4O4. The standard InChI is InChI=1S/C18H13ClN4O4/c19-11-5-7-14(16(9-11)23(25)26)17-8-6-12(27-17)10-21-22-18(24)13-3-1-2-4-15(13)20/h1-10H,20H2,(H,22,24)/b21-10-. The average Bonchev–Trinajstić information content (AvgIpc) is 3.10. The molecule has 0 unspecified atom stereocenters. The van der Waals surface area contributed by atoms with Gasteiger partial charge in [0.2, 0.25) is 0 Å². The molecular weight excluding hydrogens is 372 g/mol.